The van der Waals surface area contributed by atoms with Crippen LogP contribution in [0.3, 0.4) is 0 Å². The van der Waals surface area contributed by atoms with E-state index in [4.69, 9.17) is 4.74 Å². The summed E-state index contributed by atoms with van der Waals surface area (Å²) in [7, 11) is 0. The van der Waals surface area contributed by atoms with Crippen LogP contribution in [-0.2, 0) is 11.3 Å². The Labute approximate surface area is 115 Å². The molecular formula is C16H24N2O. The van der Waals surface area contributed by atoms with Gasteiger partial charge in [0.25, 0.3) is 0 Å². The summed E-state index contributed by atoms with van der Waals surface area (Å²) in [6, 6.07) is 9.30. The maximum absolute atomic E-state index is 5.39. The Kier molecular flexibility index (Phi) is 4.49. The molecule has 2 fully saturated rings. The van der Waals surface area contributed by atoms with Gasteiger partial charge in [0.15, 0.2) is 0 Å². The van der Waals surface area contributed by atoms with E-state index in [0.717, 1.165) is 38.8 Å². The fraction of sp³-hybridized carbons (Fsp3) is 0.625. The van der Waals surface area contributed by atoms with E-state index in [0.29, 0.717) is 0 Å². The molecule has 3 nitrogen and oxygen atoms in total. The van der Waals surface area contributed by atoms with Gasteiger partial charge in [-0.15, -0.1) is 0 Å². The van der Waals surface area contributed by atoms with Crippen molar-refractivity contribution >= 4 is 0 Å². The molecule has 0 spiro atoms. The predicted molar refractivity (Wildman–Crippen MR) is 77.4 cm³/mol. The molecular weight excluding hydrogens is 236 g/mol. The second-order valence-electron chi connectivity index (χ2n) is 5.65. The highest BCUT2D eigenvalue weighted by Crippen LogP contribution is 2.25. The highest BCUT2D eigenvalue weighted by molar-refractivity contribution is 5.25. The van der Waals surface area contributed by atoms with Crippen LogP contribution in [-0.4, -0.2) is 44.3 Å². The molecule has 0 aromatic heterocycles. The van der Waals surface area contributed by atoms with E-state index in [1.807, 2.05) is 0 Å². The lowest BCUT2D eigenvalue weighted by atomic mass is 9.90. The number of hydrogen-bond acceptors (Lipinski definition) is 3. The topological polar surface area (TPSA) is 24.5 Å². The van der Waals surface area contributed by atoms with Crippen molar-refractivity contribution in [2.75, 3.05) is 39.4 Å². The fourth-order valence-electron chi connectivity index (χ4n) is 3.07. The van der Waals surface area contributed by atoms with Gasteiger partial charge in [-0.2, -0.15) is 0 Å². The highest BCUT2D eigenvalue weighted by atomic mass is 16.5. The molecule has 2 aliphatic rings. The zero-order valence-corrected chi connectivity index (χ0v) is 11.6. The van der Waals surface area contributed by atoms with Gasteiger partial charge in [0.05, 0.1) is 13.2 Å². The van der Waals surface area contributed by atoms with Crippen molar-refractivity contribution in [1.29, 1.82) is 0 Å². The van der Waals surface area contributed by atoms with E-state index in [-0.39, 0.29) is 0 Å². The SMILES string of the molecule is c1cc(C2CCNCC2)ccc1CN1CCOCC1. The van der Waals surface area contributed by atoms with E-state index < -0.39 is 0 Å². The molecule has 2 saturated heterocycles. The van der Waals surface area contributed by atoms with Crippen LogP contribution in [0.5, 0.6) is 0 Å². The molecule has 2 heterocycles. The number of benzene rings is 1. The van der Waals surface area contributed by atoms with Gasteiger partial charge in [-0.1, -0.05) is 24.3 Å². The molecule has 0 saturated carbocycles. The second kappa shape index (κ2) is 6.51. The standard InChI is InChI=1S/C16H24N2O/c1-3-15(16-5-7-17-8-6-16)4-2-14(1)13-18-9-11-19-12-10-18/h1-4,16-17H,5-13H2. The van der Waals surface area contributed by atoms with E-state index >= 15 is 0 Å². The molecule has 1 aromatic rings. The second-order valence-corrected chi connectivity index (χ2v) is 5.65. The third-order valence-corrected chi connectivity index (χ3v) is 4.30. The summed E-state index contributed by atoms with van der Waals surface area (Å²) in [5, 5.41) is 3.43. The van der Waals surface area contributed by atoms with Crippen molar-refractivity contribution in [1.82, 2.24) is 10.2 Å². The first kappa shape index (κ1) is 13.1. The number of rotatable bonds is 3. The summed E-state index contributed by atoms with van der Waals surface area (Å²) in [6.07, 6.45) is 2.56. The van der Waals surface area contributed by atoms with Gasteiger partial charge >= 0.3 is 0 Å². The smallest absolute Gasteiger partial charge is 0.0594 e. The van der Waals surface area contributed by atoms with Gasteiger partial charge < -0.3 is 10.1 Å². The zero-order chi connectivity index (χ0) is 12.9. The molecule has 1 aromatic carbocycles. The Balaban J connectivity index is 1.58. The average molecular weight is 260 g/mol. The normalized spacial score (nSPS) is 22.5. The van der Waals surface area contributed by atoms with Crippen LogP contribution in [0.2, 0.25) is 0 Å². The summed E-state index contributed by atoms with van der Waals surface area (Å²) in [5.41, 5.74) is 2.95. The molecule has 2 aliphatic heterocycles. The van der Waals surface area contributed by atoms with Crippen molar-refractivity contribution in [2.24, 2.45) is 0 Å². The first-order valence-electron chi connectivity index (χ1n) is 7.51. The van der Waals surface area contributed by atoms with Gasteiger partial charge in [-0.25, -0.2) is 0 Å². The molecule has 104 valence electrons. The van der Waals surface area contributed by atoms with Crippen LogP contribution in [0.15, 0.2) is 24.3 Å². The molecule has 0 bridgehead atoms. The Morgan fingerprint density at radius 1 is 1.05 bits per heavy atom. The van der Waals surface area contributed by atoms with E-state index in [1.165, 1.54) is 37.1 Å². The lowest BCUT2D eigenvalue weighted by Crippen LogP contribution is -2.35. The summed E-state index contributed by atoms with van der Waals surface area (Å²) >= 11 is 0. The molecule has 0 aliphatic carbocycles. The summed E-state index contributed by atoms with van der Waals surface area (Å²) in [4.78, 5) is 2.48. The minimum absolute atomic E-state index is 0.763. The molecule has 0 radical (unpaired) electrons. The van der Waals surface area contributed by atoms with E-state index in [9.17, 15) is 0 Å². The van der Waals surface area contributed by atoms with Gasteiger partial charge in [0.1, 0.15) is 0 Å². The van der Waals surface area contributed by atoms with E-state index in [2.05, 4.69) is 34.5 Å². The van der Waals surface area contributed by atoms with Crippen molar-refractivity contribution < 1.29 is 4.74 Å². The van der Waals surface area contributed by atoms with E-state index in [1.54, 1.807) is 0 Å². The minimum atomic E-state index is 0.763. The number of hydrogen-bond donors (Lipinski definition) is 1. The third-order valence-electron chi connectivity index (χ3n) is 4.30. The predicted octanol–water partition coefficient (Wildman–Crippen LogP) is 1.99. The maximum atomic E-state index is 5.39. The van der Waals surface area contributed by atoms with Crippen LogP contribution >= 0.6 is 0 Å². The first-order valence-corrected chi connectivity index (χ1v) is 7.51. The molecule has 1 N–H and O–H groups in total. The lowest BCUT2D eigenvalue weighted by molar-refractivity contribution is 0.0342. The van der Waals surface area contributed by atoms with Gasteiger partial charge in [0.2, 0.25) is 0 Å². The number of nitrogens with zero attached hydrogens (tertiary/aromatic N) is 1. The number of piperidine rings is 1. The number of ether oxygens (including phenoxy) is 1. The zero-order valence-electron chi connectivity index (χ0n) is 11.6. The Hall–Kier alpha value is -0.900. The maximum Gasteiger partial charge on any atom is 0.0594 e. The van der Waals surface area contributed by atoms with Gasteiger partial charge in [-0.3, -0.25) is 4.90 Å². The molecule has 3 rings (SSSR count). The monoisotopic (exact) mass is 260 g/mol. The quantitative estimate of drug-likeness (QED) is 0.899. The Morgan fingerprint density at radius 2 is 1.74 bits per heavy atom. The van der Waals surface area contributed by atoms with Crippen LogP contribution in [0.4, 0.5) is 0 Å². The van der Waals surface area contributed by atoms with Crippen LogP contribution in [0.25, 0.3) is 0 Å². The van der Waals surface area contributed by atoms with Crippen LogP contribution < -0.4 is 5.32 Å². The third kappa shape index (κ3) is 3.56. The molecule has 0 amide bonds. The average Bonchev–Trinajstić information content (AvgIpc) is 2.50. The molecule has 0 atom stereocenters. The van der Waals surface area contributed by atoms with Crippen LogP contribution in [0, 0.1) is 0 Å². The molecule has 19 heavy (non-hydrogen) atoms. The summed E-state index contributed by atoms with van der Waals surface area (Å²) in [6.45, 7) is 7.29. The van der Waals surface area contributed by atoms with Crippen molar-refractivity contribution in [3.05, 3.63) is 35.4 Å². The number of nitrogens with one attached hydrogen (secondary N) is 1. The molecule has 0 unspecified atom stereocenters. The number of morpholine rings is 1. The summed E-state index contributed by atoms with van der Waals surface area (Å²) < 4.78 is 5.39. The van der Waals surface area contributed by atoms with Crippen molar-refractivity contribution in [3.63, 3.8) is 0 Å². The highest BCUT2D eigenvalue weighted by Gasteiger charge is 2.15. The first-order chi connectivity index (χ1) is 9.42. The molecule has 3 heteroatoms. The minimum Gasteiger partial charge on any atom is -0.379 e. The van der Waals surface area contributed by atoms with Gasteiger partial charge in [-0.05, 0) is 43.0 Å². The van der Waals surface area contributed by atoms with Gasteiger partial charge in [0, 0.05) is 19.6 Å². The van der Waals surface area contributed by atoms with Crippen molar-refractivity contribution in [2.45, 2.75) is 25.3 Å². The van der Waals surface area contributed by atoms with Crippen molar-refractivity contribution in [3.8, 4) is 0 Å². The Morgan fingerprint density at radius 3 is 2.42 bits per heavy atom. The lowest BCUT2D eigenvalue weighted by Gasteiger charge is -2.27. The fourth-order valence-corrected chi connectivity index (χ4v) is 3.07. The summed E-state index contributed by atoms with van der Waals surface area (Å²) in [5.74, 6) is 0.763. The van der Waals surface area contributed by atoms with Crippen LogP contribution in [0.1, 0.15) is 29.9 Å². The Bertz CT molecular complexity index is 378. The largest absolute Gasteiger partial charge is 0.379 e.